The quantitative estimate of drug-likeness (QED) is 0.630. The van der Waals surface area contributed by atoms with Crippen LogP contribution in [0.1, 0.15) is 32.2 Å². The van der Waals surface area contributed by atoms with Crippen LogP contribution in [0.25, 0.3) is 0 Å². The number of ether oxygens (including phenoxy) is 1. The van der Waals surface area contributed by atoms with Crippen LogP contribution in [0.2, 0.25) is 0 Å². The lowest BCUT2D eigenvalue weighted by molar-refractivity contribution is 0.0359. The van der Waals surface area contributed by atoms with Crippen LogP contribution < -0.4 is 5.32 Å². The van der Waals surface area contributed by atoms with Crippen molar-refractivity contribution in [1.82, 2.24) is 19.7 Å². The van der Waals surface area contributed by atoms with E-state index in [4.69, 9.17) is 4.74 Å². The Hall–Kier alpha value is -2.55. The molecule has 1 fully saturated rings. The second-order valence-electron chi connectivity index (χ2n) is 7.60. The van der Waals surface area contributed by atoms with Crippen molar-refractivity contribution >= 4 is 22.4 Å². The number of anilines is 1. The molecule has 0 saturated carbocycles. The van der Waals surface area contributed by atoms with Crippen molar-refractivity contribution in [1.29, 1.82) is 0 Å². The summed E-state index contributed by atoms with van der Waals surface area (Å²) in [5.41, 5.74) is 3.88. The molecule has 8 heteroatoms. The summed E-state index contributed by atoms with van der Waals surface area (Å²) in [7, 11) is 0. The largest absolute Gasteiger partial charge is 0.379 e. The minimum atomic E-state index is -0.223. The second-order valence-corrected chi connectivity index (χ2v) is 8.71. The van der Waals surface area contributed by atoms with Crippen molar-refractivity contribution in [2.45, 2.75) is 26.8 Å². The molecular formula is C22H27N5O2S. The number of morpholine rings is 1. The van der Waals surface area contributed by atoms with Crippen LogP contribution in [0.5, 0.6) is 0 Å². The van der Waals surface area contributed by atoms with Gasteiger partial charge in [-0.15, -0.1) is 11.3 Å². The molecule has 3 aromatic rings. The highest BCUT2D eigenvalue weighted by Gasteiger charge is 2.16. The van der Waals surface area contributed by atoms with Gasteiger partial charge in [0.25, 0.3) is 5.91 Å². The number of thiazole rings is 1. The molecule has 1 amide bonds. The summed E-state index contributed by atoms with van der Waals surface area (Å²) in [5, 5.41) is 7.98. The normalized spacial score (nSPS) is 14.7. The van der Waals surface area contributed by atoms with E-state index in [-0.39, 0.29) is 5.91 Å². The zero-order chi connectivity index (χ0) is 20.9. The summed E-state index contributed by atoms with van der Waals surface area (Å²) in [6.07, 6.45) is 2.63. The molecule has 0 atom stereocenters. The van der Waals surface area contributed by atoms with E-state index in [1.807, 2.05) is 23.9 Å². The van der Waals surface area contributed by atoms with Gasteiger partial charge in [-0.1, -0.05) is 29.8 Å². The molecule has 1 aromatic carbocycles. The van der Waals surface area contributed by atoms with Gasteiger partial charge in [0.15, 0.2) is 10.8 Å². The Morgan fingerprint density at radius 3 is 2.70 bits per heavy atom. The van der Waals surface area contributed by atoms with Gasteiger partial charge in [-0.2, -0.15) is 5.10 Å². The van der Waals surface area contributed by atoms with E-state index < -0.39 is 0 Å². The SMILES string of the molecule is Cc1ccc(Cc2cnc(NC(=O)c3cc(C)n(CCN4CCOCC4)n3)s2)cc1. The first-order valence-electron chi connectivity index (χ1n) is 10.2. The summed E-state index contributed by atoms with van der Waals surface area (Å²) in [6, 6.07) is 10.3. The van der Waals surface area contributed by atoms with Gasteiger partial charge in [0.05, 0.1) is 19.8 Å². The first-order chi connectivity index (χ1) is 14.6. The molecular weight excluding hydrogens is 398 g/mol. The maximum atomic E-state index is 12.6. The number of hydrogen-bond donors (Lipinski definition) is 1. The number of aromatic nitrogens is 3. The number of nitrogens with zero attached hydrogens (tertiary/aromatic N) is 4. The Kier molecular flexibility index (Phi) is 6.56. The Labute approximate surface area is 180 Å². The molecule has 0 spiro atoms. The van der Waals surface area contributed by atoms with Gasteiger partial charge >= 0.3 is 0 Å². The van der Waals surface area contributed by atoms with Crippen LogP contribution in [0, 0.1) is 13.8 Å². The Morgan fingerprint density at radius 1 is 1.17 bits per heavy atom. The molecule has 30 heavy (non-hydrogen) atoms. The molecule has 4 rings (SSSR count). The summed E-state index contributed by atoms with van der Waals surface area (Å²) < 4.78 is 7.28. The lowest BCUT2D eigenvalue weighted by Crippen LogP contribution is -2.38. The summed E-state index contributed by atoms with van der Waals surface area (Å²) in [4.78, 5) is 20.5. The highest BCUT2D eigenvalue weighted by atomic mass is 32.1. The predicted molar refractivity (Wildman–Crippen MR) is 118 cm³/mol. The number of aryl methyl sites for hydroxylation is 2. The summed E-state index contributed by atoms with van der Waals surface area (Å²) >= 11 is 1.50. The average Bonchev–Trinajstić information content (AvgIpc) is 3.35. The average molecular weight is 426 g/mol. The molecule has 0 aliphatic carbocycles. The number of rotatable bonds is 7. The monoisotopic (exact) mass is 425 g/mol. The van der Waals surface area contributed by atoms with Crippen LogP contribution in [0.15, 0.2) is 36.5 Å². The van der Waals surface area contributed by atoms with Crippen molar-refractivity contribution in [3.8, 4) is 0 Å². The highest BCUT2D eigenvalue weighted by molar-refractivity contribution is 7.15. The summed E-state index contributed by atoms with van der Waals surface area (Å²) in [5.74, 6) is -0.223. The molecule has 158 valence electrons. The zero-order valence-corrected chi connectivity index (χ0v) is 18.2. The standard InChI is InChI=1S/C22H27N5O2S/c1-16-3-5-18(6-4-16)14-19-15-23-22(30-19)24-21(28)20-13-17(2)27(25-20)8-7-26-9-11-29-12-10-26/h3-6,13,15H,7-12,14H2,1-2H3,(H,23,24,28). The molecule has 2 aromatic heterocycles. The van der Waals surface area contributed by atoms with Crippen LogP contribution in [-0.2, 0) is 17.7 Å². The zero-order valence-electron chi connectivity index (χ0n) is 17.4. The number of nitrogens with one attached hydrogen (secondary N) is 1. The fourth-order valence-electron chi connectivity index (χ4n) is 3.42. The number of amides is 1. The lowest BCUT2D eigenvalue weighted by Gasteiger charge is -2.26. The van der Waals surface area contributed by atoms with Crippen molar-refractivity contribution < 1.29 is 9.53 Å². The topological polar surface area (TPSA) is 72.3 Å². The second kappa shape index (κ2) is 9.51. The van der Waals surface area contributed by atoms with Crippen LogP contribution in [0.4, 0.5) is 5.13 Å². The maximum Gasteiger partial charge on any atom is 0.277 e. The fourth-order valence-corrected chi connectivity index (χ4v) is 4.27. The third-order valence-electron chi connectivity index (χ3n) is 5.22. The van der Waals surface area contributed by atoms with E-state index in [1.54, 1.807) is 0 Å². The van der Waals surface area contributed by atoms with Crippen LogP contribution in [0.3, 0.4) is 0 Å². The van der Waals surface area contributed by atoms with Gasteiger partial charge in [0.2, 0.25) is 0 Å². The number of carbonyl (C=O) groups is 1. The molecule has 0 unspecified atom stereocenters. The van der Waals surface area contributed by atoms with Gasteiger partial charge in [0, 0.05) is 42.8 Å². The first kappa shape index (κ1) is 20.7. The van der Waals surface area contributed by atoms with E-state index in [0.29, 0.717) is 10.8 Å². The third-order valence-corrected chi connectivity index (χ3v) is 6.13. The molecule has 1 saturated heterocycles. The molecule has 0 bridgehead atoms. The Balaban J connectivity index is 1.33. The van der Waals surface area contributed by atoms with E-state index in [1.165, 1.54) is 22.5 Å². The van der Waals surface area contributed by atoms with Crippen LogP contribution >= 0.6 is 11.3 Å². The predicted octanol–water partition coefficient (Wildman–Crippen LogP) is 3.13. The third kappa shape index (κ3) is 5.33. The first-order valence-corrected chi connectivity index (χ1v) is 11.0. The van der Waals surface area contributed by atoms with Gasteiger partial charge in [0.1, 0.15) is 0 Å². The number of carbonyl (C=O) groups excluding carboxylic acids is 1. The minimum absolute atomic E-state index is 0.223. The molecule has 1 aliphatic heterocycles. The van der Waals surface area contributed by atoms with Crippen molar-refractivity contribution in [2.75, 3.05) is 38.2 Å². The smallest absolute Gasteiger partial charge is 0.277 e. The molecule has 0 radical (unpaired) electrons. The molecule has 3 heterocycles. The molecule has 7 nitrogen and oxygen atoms in total. The van der Waals surface area contributed by atoms with E-state index >= 15 is 0 Å². The van der Waals surface area contributed by atoms with Gasteiger partial charge in [-0.05, 0) is 25.5 Å². The minimum Gasteiger partial charge on any atom is -0.379 e. The van der Waals surface area contributed by atoms with Gasteiger partial charge in [-0.3, -0.25) is 19.7 Å². The number of hydrogen-bond acceptors (Lipinski definition) is 6. The van der Waals surface area contributed by atoms with E-state index in [9.17, 15) is 4.79 Å². The Bertz CT molecular complexity index is 989. The lowest BCUT2D eigenvalue weighted by atomic mass is 10.1. The molecule has 1 N–H and O–H groups in total. The van der Waals surface area contributed by atoms with E-state index in [0.717, 1.165) is 56.4 Å². The molecule has 1 aliphatic rings. The van der Waals surface area contributed by atoms with E-state index in [2.05, 4.69) is 51.5 Å². The van der Waals surface area contributed by atoms with Crippen molar-refractivity contribution in [3.05, 3.63) is 63.9 Å². The van der Waals surface area contributed by atoms with Crippen molar-refractivity contribution in [3.63, 3.8) is 0 Å². The van der Waals surface area contributed by atoms with Crippen LogP contribution in [-0.4, -0.2) is 58.4 Å². The fraction of sp³-hybridized carbons (Fsp3) is 0.409. The number of benzene rings is 1. The maximum absolute atomic E-state index is 12.6. The highest BCUT2D eigenvalue weighted by Crippen LogP contribution is 2.22. The van der Waals surface area contributed by atoms with Crippen molar-refractivity contribution in [2.24, 2.45) is 0 Å². The van der Waals surface area contributed by atoms with Gasteiger partial charge < -0.3 is 4.74 Å². The van der Waals surface area contributed by atoms with Gasteiger partial charge in [-0.25, -0.2) is 4.98 Å². The summed E-state index contributed by atoms with van der Waals surface area (Å²) in [6.45, 7) is 9.18. The Morgan fingerprint density at radius 2 is 1.93 bits per heavy atom.